The number of ether oxygens (including phenoxy) is 3. The normalized spacial score (nSPS) is 19.8. The number of allylic oxidation sites excluding steroid dienone is 4. The molecule has 71 heavy (non-hydrogen) atoms. The van der Waals surface area contributed by atoms with Crippen LogP contribution in [-0.4, -0.2) is 99.6 Å². The van der Waals surface area contributed by atoms with Gasteiger partial charge in [-0.05, 0) is 38.5 Å². The quantitative estimate of drug-likeness (QED) is 0.0195. The summed E-state index contributed by atoms with van der Waals surface area (Å²) in [5.41, 5.74) is 0. The molecule has 416 valence electrons. The molecular formula is C60H111NO10. The third-order valence-corrected chi connectivity index (χ3v) is 14.1. The first-order chi connectivity index (χ1) is 34.7. The van der Waals surface area contributed by atoms with Crippen LogP contribution in [0.2, 0.25) is 0 Å². The van der Waals surface area contributed by atoms with E-state index < -0.39 is 67.4 Å². The van der Waals surface area contributed by atoms with Gasteiger partial charge < -0.3 is 45.1 Å². The molecule has 11 nitrogen and oxygen atoms in total. The first-order valence-corrected chi connectivity index (χ1v) is 29.8. The van der Waals surface area contributed by atoms with Crippen molar-refractivity contribution in [2.45, 2.75) is 320 Å². The van der Waals surface area contributed by atoms with Crippen LogP contribution in [-0.2, 0) is 23.8 Å². The van der Waals surface area contributed by atoms with Gasteiger partial charge in [-0.25, -0.2) is 0 Å². The monoisotopic (exact) mass is 1010 g/mol. The van der Waals surface area contributed by atoms with Gasteiger partial charge in [0, 0.05) is 12.8 Å². The van der Waals surface area contributed by atoms with E-state index in [1.54, 1.807) is 12.2 Å². The molecule has 8 atom stereocenters. The number of carbonyl (C=O) groups is 2. The van der Waals surface area contributed by atoms with Crippen LogP contribution in [0.25, 0.3) is 0 Å². The molecule has 8 unspecified atom stereocenters. The van der Waals surface area contributed by atoms with Crippen molar-refractivity contribution in [1.29, 1.82) is 0 Å². The van der Waals surface area contributed by atoms with Gasteiger partial charge in [0.25, 0.3) is 0 Å². The van der Waals surface area contributed by atoms with Crippen LogP contribution in [0.15, 0.2) is 36.5 Å². The number of amides is 1. The van der Waals surface area contributed by atoms with Crippen molar-refractivity contribution in [3.63, 3.8) is 0 Å². The molecule has 0 bridgehead atoms. The van der Waals surface area contributed by atoms with Gasteiger partial charge in [-0.15, -0.1) is 0 Å². The second-order valence-corrected chi connectivity index (χ2v) is 20.7. The highest BCUT2D eigenvalue weighted by Gasteiger charge is 2.47. The van der Waals surface area contributed by atoms with E-state index in [2.05, 4.69) is 38.2 Å². The Labute approximate surface area is 434 Å². The lowest BCUT2D eigenvalue weighted by molar-refractivity contribution is -0.305. The van der Waals surface area contributed by atoms with E-state index in [1.807, 2.05) is 12.2 Å². The van der Waals surface area contributed by atoms with Crippen LogP contribution in [0.3, 0.4) is 0 Å². The maximum Gasteiger partial charge on any atom is 0.306 e. The minimum Gasteiger partial charge on any atom is -0.454 e. The highest BCUT2D eigenvalue weighted by molar-refractivity contribution is 5.81. The summed E-state index contributed by atoms with van der Waals surface area (Å²) in [5, 5.41) is 56.7. The summed E-state index contributed by atoms with van der Waals surface area (Å²) in [5.74, 6) is -1.26. The van der Waals surface area contributed by atoms with Crippen molar-refractivity contribution in [2.24, 2.45) is 0 Å². The molecule has 0 spiro atoms. The SMILES string of the molecule is CCCCCCCC/C=C\C/C=C/CC(O)C(=O)NC(COC1OC(CO)C(O)C(O)C1OC(=O)CCCCCCCCCCCCCCCCCCC)C(O)/C=C/CCCCCCCCCCCCC. The van der Waals surface area contributed by atoms with Gasteiger partial charge in [-0.3, -0.25) is 9.59 Å². The lowest BCUT2D eigenvalue weighted by Crippen LogP contribution is -2.61. The van der Waals surface area contributed by atoms with Crippen molar-refractivity contribution >= 4 is 11.9 Å². The lowest BCUT2D eigenvalue weighted by Gasteiger charge is -2.41. The summed E-state index contributed by atoms with van der Waals surface area (Å²) in [6, 6.07) is -1.05. The van der Waals surface area contributed by atoms with Crippen molar-refractivity contribution < 1.29 is 49.3 Å². The largest absolute Gasteiger partial charge is 0.454 e. The predicted octanol–water partition coefficient (Wildman–Crippen LogP) is 13.5. The number of unbranched alkanes of at least 4 members (excludes halogenated alkanes) is 33. The minimum absolute atomic E-state index is 0.0843. The fourth-order valence-corrected chi connectivity index (χ4v) is 9.28. The highest BCUT2D eigenvalue weighted by Crippen LogP contribution is 2.26. The summed E-state index contributed by atoms with van der Waals surface area (Å²) in [7, 11) is 0. The molecule has 0 aromatic heterocycles. The van der Waals surface area contributed by atoms with Crippen molar-refractivity contribution in [1.82, 2.24) is 5.32 Å². The molecule has 1 amide bonds. The van der Waals surface area contributed by atoms with Gasteiger partial charge in [0.15, 0.2) is 12.4 Å². The van der Waals surface area contributed by atoms with E-state index in [-0.39, 0.29) is 19.4 Å². The average Bonchev–Trinajstić information content (AvgIpc) is 3.37. The lowest BCUT2D eigenvalue weighted by atomic mass is 9.99. The zero-order valence-electron chi connectivity index (χ0n) is 45.9. The third-order valence-electron chi connectivity index (χ3n) is 14.1. The zero-order valence-corrected chi connectivity index (χ0v) is 45.9. The number of aliphatic hydroxyl groups excluding tert-OH is 5. The maximum absolute atomic E-state index is 13.3. The molecule has 11 heteroatoms. The first kappa shape index (κ1) is 66.9. The number of nitrogens with one attached hydrogen (secondary N) is 1. The van der Waals surface area contributed by atoms with E-state index in [9.17, 15) is 35.1 Å². The van der Waals surface area contributed by atoms with Crippen LogP contribution in [0.1, 0.15) is 271 Å². The Hall–Kier alpha value is -2.12. The molecule has 0 radical (unpaired) electrons. The molecule has 6 N–H and O–H groups in total. The Morgan fingerprint density at radius 1 is 0.549 bits per heavy atom. The van der Waals surface area contributed by atoms with E-state index in [0.717, 1.165) is 44.9 Å². The molecule has 0 aromatic carbocycles. The Morgan fingerprint density at radius 2 is 0.972 bits per heavy atom. The van der Waals surface area contributed by atoms with Crippen molar-refractivity contribution in [3.8, 4) is 0 Å². The van der Waals surface area contributed by atoms with Crippen LogP contribution in [0.5, 0.6) is 0 Å². The Balaban J connectivity index is 2.73. The fourth-order valence-electron chi connectivity index (χ4n) is 9.28. The Kier molecular flexibility index (Phi) is 46.0. The summed E-state index contributed by atoms with van der Waals surface area (Å²) in [6.45, 7) is 5.75. The Bertz CT molecular complexity index is 1290. The molecule has 0 aliphatic carbocycles. The highest BCUT2D eigenvalue weighted by atomic mass is 16.7. The predicted molar refractivity (Wildman–Crippen MR) is 292 cm³/mol. The number of rotatable bonds is 50. The summed E-state index contributed by atoms with van der Waals surface area (Å²) in [6.07, 6.45) is 46.4. The molecule has 1 aliphatic rings. The number of carbonyl (C=O) groups excluding carboxylic acids is 2. The smallest absolute Gasteiger partial charge is 0.306 e. The molecule has 1 saturated heterocycles. The van der Waals surface area contributed by atoms with Gasteiger partial charge >= 0.3 is 5.97 Å². The third kappa shape index (κ3) is 37.3. The van der Waals surface area contributed by atoms with Gasteiger partial charge in [0.2, 0.25) is 5.91 Å². The van der Waals surface area contributed by atoms with E-state index >= 15 is 0 Å². The minimum atomic E-state index is -1.62. The summed E-state index contributed by atoms with van der Waals surface area (Å²) < 4.78 is 17.6. The molecule has 1 heterocycles. The van der Waals surface area contributed by atoms with Gasteiger partial charge in [-0.1, -0.05) is 256 Å². The molecule has 1 rings (SSSR count). The Morgan fingerprint density at radius 3 is 1.44 bits per heavy atom. The van der Waals surface area contributed by atoms with Crippen LogP contribution < -0.4 is 5.32 Å². The van der Waals surface area contributed by atoms with Crippen molar-refractivity contribution in [2.75, 3.05) is 13.2 Å². The van der Waals surface area contributed by atoms with E-state index in [0.29, 0.717) is 12.8 Å². The first-order valence-electron chi connectivity index (χ1n) is 29.8. The molecular weight excluding hydrogens is 895 g/mol. The van der Waals surface area contributed by atoms with Crippen LogP contribution in [0, 0.1) is 0 Å². The van der Waals surface area contributed by atoms with Crippen LogP contribution in [0.4, 0.5) is 0 Å². The second kappa shape index (κ2) is 48.8. The summed E-state index contributed by atoms with van der Waals surface area (Å²) >= 11 is 0. The standard InChI is InChI=1S/C60H111NO10/c1-4-7-10-13-16-19-22-25-26-27-28-30-33-36-39-42-45-48-55(65)71-58-57(67)56(66)54(49-62)70-60(58)69-50-51(52(63)46-43-40-37-34-32-29-23-20-17-14-11-8-5-2)61-59(68)53(64)47-44-41-38-35-31-24-21-18-15-12-9-6-3/h31,35,41,43-44,46,51-54,56-58,60,62-64,66-67H,4-30,32-34,36-40,42,45,47-50H2,1-3H3,(H,61,68)/b35-31-,44-41+,46-43+. The number of esters is 1. The number of aliphatic hydroxyl groups is 5. The second-order valence-electron chi connectivity index (χ2n) is 20.7. The molecule has 1 aliphatic heterocycles. The fraction of sp³-hybridized carbons (Fsp3) is 0.867. The average molecular weight is 1010 g/mol. The summed E-state index contributed by atoms with van der Waals surface area (Å²) in [4.78, 5) is 26.4. The van der Waals surface area contributed by atoms with Gasteiger partial charge in [0.1, 0.15) is 24.4 Å². The van der Waals surface area contributed by atoms with Crippen molar-refractivity contribution in [3.05, 3.63) is 36.5 Å². The zero-order chi connectivity index (χ0) is 51.8. The van der Waals surface area contributed by atoms with Gasteiger partial charge in [0.05, 0.1) is 25.4 Å². The number of hydrogen-bond donors (Lipinski definition) is 6. The molecule has 0 aromatic rings. The molecule has 1 fully saturated rings. The van der Waals surface area contributed by atoms with E-state index in [1.165, 1.54) is 180 Å². The van der Waals surface area contributed by atoms with Crippen LogP contribution >= 0.6 is 0 Å². The van der Waals surface area contributed by atoms with Gasteiger partial charge in [-0.2, -0.15) is 0 Å². The topological polar surface area (TPSA) is 175 Å². The maximum atomic E-state index is 13.3. The number of hydrogen-bond acceptors (Lipinski definition) is 10. The van der Waals surface area contributed by atoms with E-state index in [4.69, 9.17) is 14.2 Å². The molecule has 0 saturated carbocycles.